The lowest BCUT2D eigenvalue weighted by atomic mass is 10.1. The third kappa shape index (κ3) is 1.88. The van der Waals surface area contributed by atoms with Gasteiger partial charge in [0.05, 0.1) is 21.5 Å². The SMILES string of the molecule is O=Cc1cc([N+](=O)[O-])c(O)cc1[N+](=O)[O-]. The first-order chi connectivity index (χ1) is 6.97. The van der Waals surface area contributed by atoms with Gasteiger partial charge in [0.15, 0.2) is 6.29 Å². The van der Waals surface area contributed by atoms with E-state index in [2.05, 4.69) is 0 Å². The first kappa shape index (κ1) is 10.6. The van der Waals surface area contributed by atoms with E-state index in [0.29, 0.717) is 12.1 Å². The van der Waals surface area contributed by atoms with Crippen molar-refractivity contribution in [1.29, 1.82) is 0 Å². The summed E-state index contributed by atoms with van der Waals surface area (Å²) in [5, 5.41) is 29.8. The number of hydrogen-bond donors (Lipinski definition) is 1. The topological polar surface area (TPSA) is 124 Å². The number of nitro groups is 2. The second-order valence-electron chi connectivity index (χ2n) is 2.53. The number of aldehydes is 1. The summed E-state index contributed by atoms with van der Waals surface area (Å²) < 4.78 is 0. The average molecular weight is 212 g/mol. The summed E-state index contributed by atoms with van der Waals surface area (Å²) in [4.78, 5) is 29.3. The highest BCUT2D eigenvalue weighted by Crippen LogP contribution is 2.32. The van der Waals surface area contributed by atoms with Crippen LogP contribution in [0.1, 0.15) is 10.4 Å². The highest BCUT2D eigenvalue weighted by molar-refractivity contribution is 5.84. The number of carbonyl (C=O) groups excluding carboxylic acids is 1. The minimum atomic E-state index is -0.938. The van der Waals surface area contributed by atoms with E-state index in [9.17, 15) is 25.0 Å². The van der Waals surface area contributed by atoms with Gasteiger partial charge in [-0.05, 0) is 0 Å². The van der Waals surface area contributed by atoms with Crippen molar-refractivity contribution in [3.8, 4) is 5.75 Å². The molecule has 15 heavy (non-hydrogen) atoms. The molecule has 0 spiro atoms. The van der Waals surface area contributed by atoms with Crippen LogP contribution in [0.4, 0.5) is 11.4 Å². The summed E-state index contributed by atoms with van der Waals surface area (Å²) >= 11 is 0. The van der Waals surface area contributed by atoms with E-state index in [0.717, 1.165) is 0 Å². The van der Waals surface area contributed by atoms with Gasteiger partial charge in [-0.15, -0.1) is 0 Å². The molecular formula is C7H4N2O6. The first-order valence-electron chi connectivity index (χ1n) is 3.58. The van der Waals surface area contributed by atoms with Crippen LogP contribution in [0, 0.1) is 20.2 Å². The van der Waals surface area contributed by atoms with E-state index in [4.69, 9.17) is 5.11 Å². The average Bonchev–Trinajstić information content (AvgIpc) is 2.16. The summed E-state index contributed by atoms with van der Waals surface area (Å²) in [5.41, 5.74) is -1.87. The van der Waals surface area contributed by atoms with Crippen molar-refractivity contribution in [2.75, 3.05) is 0 Å². The second-order valence-corrected chi connectivity index (χ2v) is 2.53. The smallest absolute Gasteiger partial charge is 0.311 e. The Labute approximate surface area is 82.1 Å². The summed E-state index contributed by atoms with van der Waals surface area (Å²) in [6.45, 7) is 0. The van der Waals surface area contributed by atoms with Gasteiger partial charge in [-0.1, -0.05) is 0 Å². The zero-order valence-electron chi connectivity index (χ0n) is 7.11. The molecule has 0 aromatic heterocycles. The molecule has 78 valence electrons. The quantitative estimate of drug-likeness (QED) is 0.453. The summed E-state index contributed by atoms with van der Waals surface area (Å²) in [7, 11) is 0. The molecule has 1 N–H and O–H groups in total. The fourth-order valence-corrected chi connectivity index (χ4v) is 0.981. The van der Waals surface area contributed by atoms with Crippen LogP contribution in [0.5, 0.6) is 5.75 Å². The van der Waals surface area contributed by atoms with Crippen molar-refractivity contribution >= 4 is 17.7 Å². The molecule has 0 radical (unpaired) electrons. The Balaban J connectivity index is 3.48. The molecule has 1 rings (SSSR count). The third-order valence-corrected chi connectivity index (χ3v) is 1.64. The van der Waals surface area contributed by atoms with Crippen LogP contribution in [0.2, 0.25) is 0 Å². The van der Waals surface area contributed by atoms with Gasteiger partial charge >= 0.3 is 5.69 Å². The number of aromatic hydroxyl groups is 1. The molecule has 8 heteroatoms. The monoisotopic (exact) mass is 212 g/mol. The predicted octanol–water partition coefficient (Wildman–Crippen LogP) is 1.02. The van der Waals surface area contributed by atoms with E-state index >= 15 is 0 Å². The Morgan fingerprint density at radius 3 is 2.07 bits per heavy atom. The second kappa shape index (κ2) is 3.70. The normalized spacial score (nSPS) is 9.60. The van der Waals surface area contributed by atoms with Crippen LogP contribution in [-0.4, -0.2) is 21.2 Å². The maximum atomic E-state index is 10.4. The molecule has 0 aliphatic heterocycles. The van der Waals surface area contributed by atoms with Gasteiger partial charge in [-0.2, -0.15) is 0 Å². The lowest BCUT2D eigenvalue weighted by molar-refractivity contribution is -0.390. The van der Waals surface area contributed by atoms with E-state index in [-0.39, 0.29) is 6.29 Å². The Kier molecular flexibility index (Phi) is 2.61. The lowest BCUT2D eigenvalue weighted by Gasteiger charge is -1.98. The first-order valence-corrected chi connectivity index (χ1v) is 3.58. The lowest BCUT2D eigenvalue weighted by Crippen LogP contribution is -1.97. The van der Waals surface area contributed by atoms with E-state index < -0.39 is 32.5 Å². The van der Waals surface area contributed by atoms with Crippen LogP contribution >= 0.6 is 0 Å². The summed E-state index contributed by atoms with van der Waals surface area (Å²) in [5.74, 6) is -0.850. The fraction of sp³-hybridized carbons (Fsp3) is 0. The molecular weight excluding hydrogens is 208 g/mol. The number of phenolic OH excluding ortho intramolecular Hbond substituents is 1. The van der Waals surface area contributed by atoms with Gasteiger partial charge in [0, 0.05) is 6.07 Å². The molecule has 0 fully saturated rings. The van der Waals surface area contributed by atoms with Crippen molar-refractivity contribution in [2.45, 2.75) is 0 Å². The Hall–Kier alpha value is -2.51. The van der Waals surface area contributed by atoms with Crippen LogP contribution in [-0.2, 0) is 0 Å². The van der Waals surface area contributed by atoms with E-state index in [1.165, 1.54) is 0 Å². The largest absolute Gasteiger partial charge is 0.502 e. The number of phenols is 1. The summed E-state index contributed by atoms with van der Waals surface area (Å²) in [6, 6.07) is 1.22. The molecule has 0 aliphatic carbocycles. The number of nitrogens with zero attached hydrogens (tertiary/aromatic N) is 2. The molecule has 0 amide bonds. The summed E-state index contributed by atoms with van der Waals surface area (Å²) in [6.07, 6.45) is 0.116. The number of carbonyl (C=O) groups is 1. The molecule has 1 aromatic rings. The van der Waals surface area contributed by atoms with Crippen molar-refractivity contribution in [1.82, 2.24) is 0 Å². The van der Waals surface area contributed by atoms with Gasteiger partial charge in [0.1, 0.15) is 0 Å². The maximum absolute atomic E-state index is 10.4. The van der Waals surface area contributed by atoms with Gasteiger partial charge < -0.3 is 5.11 Å². The molecule has 0 saturated heterocycles. The number of nitro benzene ring substituents is 2. The maximum Gasteiger partial charge on any atom is 0.311 e. The fourth-order valence-electron chi connectivity index (χ4n) is 0.981. The molecule has 8 nitrogen and oxygen atoms in total. The predicted molar refractivity (Wildman–Crippen MR) is 46.8 cm³/mol. The molecule has 0 aliphatic rings. The Bertz CT molecular complexity index is 455. The van der Waals surface area contributed by atoms with E-state index in [1.54, 1.807) is 0 Å². The minimum absolute atomic E-state index is 0.116. The highest BCUT2D eigenvalue weighted by atomic mass is 16.6. The zero-order chi connectivity index (χ0) is 11.6. The standard InChI is InChI=1S/C7H4N2O6/c10-3-4-1-6(9(14)15)7(11)2-5(4)8(12)13/h1-3,11H. The third-order valence-electron chi connectivity index (χ3n) is 1.64. The van der Waals surface area contributed by atoms with Crippen molar-refractivity contribution in [2.24, 2.45) is 0 Å². The molecule has 0 bridgehead atoms. The zero-order valence-corrected chi connectivity index (χ0v) is 7.11. The number of benzene rings is 1. The van der Waals surface area contributed by atoms with Crippen LogP contribution < -0.4 is 0 Å². The molecule has 0 saturated carbocycles. The van der Waals surface area contributed by atoms with Crippen LogP contribution in [0.3, 0.4) is 0 Å². The van der Waals surface area contributed by atoms with Gasteiger partial charge in [0.2, 0.25) is 5.75 Å². The van der Waals surface area contributed by atoms with Gasteiger partial charge in [0.25, 0.3) is 5.69 Å². The Morgan fingerprint density at radius 2 is 1.67 bits per heavy atom. The Morgan fingerprint density at radius 1 is 1.13 bits per heavy atom. The molecule has 0 unspecified atom stereocenters. The van der Waals surface area contributed by atoms with Crippen LogP contribution in [0.25, 0.3) is 0 Å². The molecule has 0 atom stereocenters. The number of rotatable bonds is 3. The van der Waals surface area contributed by atoms with E-state index in [1.807, 2.05) is 0 Å². The highest BCUT2D eigenvalue weighted by Gasteiger charge is 2.23. The van der Waals surface area contributed by atoms with Gasteiger partial charge in [-0.25, -0.2) is 0 Å². The number of hydrogen-bond acceptors (Lipinski definition) is 6. The minimum Gasteiger partial charge on any atom is -0.502 e. The van der Waals surface area contributed by atoms with Crippen molar-refractivity contribution in [3.63, 3.8) is 0 Å². The van der Waals surface area contributed by atoms with Crippen LogP contribution in [0.15, 0.2) is 12.1 Å². The van der Waals surface area contributed by atoms with Crippen molar-refractivity contribution < 1.29 is 19.7 Å². The molecule has 1 aromatic carbocycles. The van der Waals surface area contributed by atoms with Crippen molar-refractivity contribution in [3.05, 3.63) is 37.9 Å². The molecule has 0 heterocycles. The van der Waals surface area contributed by atoms with Gasteiger partial charge in [-0.3, -0.25) is 25.0 Å².